The van der Waals surface area contributed by atoms with Crippen LogP contribution in [0.4, 0.5) is 0 Å². The molecule has 2 N–H and O–H groups in total. The van der Waals surface area contributed by atoms with Gasteiger partial charge < -0.3 is 15.2 Å². The van der Waals surface area contributed by atoms with Gasteiger partial charge in [0.15, 0.2) is 0 Å². The summed E-state index contributed by atoms with van der Waals surface area (Å²) in [7, 11) is 0. The molecule has 0 aliphatic rings. The molecule has 24 heavy (non-hydrogen) atoms. The lowest BCUT2D eigenvalue weighted by Crippen LogP contribution is -2.24. The Balaban J connectivity index is 2.06. The van der Waals surface area contributed by atoms with Crippen molar-refractivity contribution in [3.8, 4) is 5.75 Å². The lowest BCUT2D eigenvalue weighted by molar-refractivity contribution is -0.134. The number of rotatable bonds is 6. The van der Waals surface area contributed by atoms with Gasteiger partial charge >= 0.3 is 5.97 Å². The number of aliphatic carboxylic acids is 1. The summed E-state index contributed by atoms with van der Waals surface area (Å²) in [5.74, 6) is -1.02. The number of ether oxygens (including phenoxy) is 1. The van der Waals surface area contributed by atoms with Crippen molar-refractivity contribution >= 4 is 29.6 Å². The Kier molecular flexibility index (Phi) is 5.98. The second kappa shape index (κ2) is 8.17. The molecule has 2 rings (SSSR count). The van der Waals surface area contributed by atoms with Crippen molar-refractivity contribution < 1.29 is 19.4 Å². The molecule has 124 valence electrons. The van der Waals surface area contributed by atoms with Crippen LogP contribution < -0.4 is 10.1 Å². The average Bonchev–Trinajstić information content (AvgIpc) is 2.54. The molecule has 2 aromatic carbocycles. The number of carboxylic acids is 1. The van der Waals surface area contributed by atoms with Crippen LogP contribution in [0.2, 0.25) is 5.02 Å². The highest BCUT2D eigenvalue weighted by molar-refractivity contribution is 6.31. The van der Waals surface area contributed by atoms with E-state index < -0.39 is 11.9 Å². The molecule has 0 aliphatic carbocycles. The number of carbonyl (C=O) groups is 2. The predicted molar refractivity (Wildman–Crippen MR) is 91.7 cm³/mol. The number of carboxylic acid groups (broad SMARTS) is 1. The number of carbonyl (C=O) groups excluding carboxylic acids is 1. The Labute approximate surface area is 144 Å². The molecule has 2 aromatic rings. The highest BCUT2D eigenvalue weighted by Gasteiger charge is 2.08. The Hall–Kier alpha value is -2.79. The van der Waals surface area contributed by atoms with Gasteiger partial charge in [-0.3, -0.25) is 4.79 Å². The second-order valence-corrected chi connectivity index (χ2v) is 5.40. The van der Waals surface area contributed by atoms with Gasteiger partial charge in [0.05, 0.1) is 0 Å². The minimum Gasteiger partial charge on any atom is -0.489 e. The number of hydrogen-bond acceptors (Lipinski definition) is 3. The fourth-order valence-electron chi connectivity index (χ4n) is 1.94. The highest BCUT2D eigenvalue weighted by Crippen LogP contribution is 2.19. The molecule has 0 saturated carbocycles. The molecule has 6 heteroatoms. The Morgan fingerprint density at radius 3 is 2.42 bits per heavy atom. The molecule has 0 spiro atoms. The predicted octanol–water partition coefficient (Wildman–Crippen LogP) is 3.48. The maximum Gasteiger partial charge on any atom is 0.352 e. The van der Waals surface area contributed by atoms with Crippen LogP contribution in [0.3, 0.4) is 0 Å². The maximum absolute atomic E-state index is 11.1. The van der Waals surface area contributed by atoms with Crippen molar-refractivity contribution in [3.63, 3.8) is 0 Å². The molecule has 0 radical (unpaired) electrons. The molecule has 0 bridgehead atoms. The highest BCUT2D eigenvalue weighted by atomic mass is 35.5. The molecule has 0 saturated heterocycles. The van der Waals surface area contributed by atoms with Crippen molar-refractivity contribution in [1.29, 1.82) is 0 Å². The molecule has 0 unspecified atom stereocenters. The van der Waals surface area contributed by atoms with Gasteiger partial charge in [0.1, 0.15) is 18.1 Å². The van der Waals surface area contributed by atoms with Gasteiger partial charge in [-0.2, -0.15) is 0 Å². The number of halogens is 1. The van der Waals surface area contributed by atoms with Gasteiger partial charge in [0.25, 0.3) is 0 Å². The first kappa shape index (κ1) is 17.6. The van der Waals surface area contributed by atoms with E-state index in [1.807, 2.05) is 18.2 Å². The van der Waals surface area contributed by atoms with Crippen molar-refractivity contribution in [2.75, 3.05) is 0 Å². The summed E-state index contributed by atoms with van der Waals surface area (Å²) in [4.78, 5) is 22.1. The lowest BCUT2D eigenvalue weighted by Gasteiger charge is -2.08. The summed E-state index contributed by atoms with van der Waals surface area (Å²) < 4.78 is 5.65. The Morgan fingerprint density at radius 2 is 1.83 bits per heavy atom. The first-order valence-electron chi connectivity index (χ1n) is 7.14. The molecule has 0 fully saturated rings. The summed E-state index contributed by atoms with van der Waals surface area (Å²) >= 11 is 6.07. The van der Waals surface area contributed by atoms with E-state index >= 15 is 0 Å². The monoisotopic (exact) mass is 345 g/mol. The van der Waals surface area contributed by atoms with Crippen LogP contribution in [0.25, 0.3) is 6.08 Å². The molecule has 0 aliphatic heterocycles. The maximum atomic E-state index is 11.1. The van der Waals surface area contributed by atoms with Gasteiger partial charge in [0.2, 0.25) is 5.91 Å². The normalized spacial score (nSPS) is 11.0. The fraction of sp³-hybridized carbons (Fsp3) is 0.111. The van der Waals surface area contributed by atoms with Crippen LogP contribution in [0.15, 0.2) is 54.2 Å². The third-order valence-electron chi connectivity index (χ3n) is 3.08. The van der Waals surface area contributed by atoms with Crippen molar-refractivity contribution in [3.05, 3.63) is 70.4 Å². The molecule has 0 heterocycles. The Morgan fingerprint density at radius 1 is 1.17 bits per heavy atom. The van der Waals surface area contributed by atoms with Crippen LogP contribution in [0, 0.1) is 0 Å². The largest absolute Gasteiger partial charge is 0.489 e. The Bertz CT molecular complexity index is 769. The molecule has 1 amide bonds. The summed E-state index contributed by atoms with van der Waals surface area (Å²) in [6.45, 7) is 1.59. The summed E-state index contributed by atoms with van der Waals surface area (Å²) in [6.07, 6.45) is 1.38. The zero-order chi connectivity index (χ0) is 17.5. The van der Waals surface area contributed by atoms with Crippen LogP contribution in [0.1, 0.15) is 18.1 Å². The van der Waals surface area contributed by atoms with E-state index in [9.17, 15) is 9.59 Å². The molecule has 0 aromatic heterocycles. The second-order valence-electron chi connectivity index (χ2n) is 4.99. The third-order valence-corrected chi connectivity index (χ3v) is 3.45. The van der Waals surface area contributed by atoms with E-state index in [2.05, 4.69) is 5.32 Å². The minimum atomic E-state index is -1.20. The summed E-state index contributed by atoms with van der Waals surface area (Å²) in [6, 6.07) is 14.2. The quantitative estimate of drug-likeness (QED) is 0.786. The third kappa shape index (κ3) is 5.14. The van der Waals surface area contributed by atoms with E-state index in [1.54, 1.807) is 30.3 Å². The van der Waals surface area contributed by atoms with Crippen LogP contribution in [-0.4, -0.2) is 17.0 Å². The number of benzene rings is 2. The SMILES string of the molecule is CC(=O)NC(=Cc1ccc(OCc2ccccc2Cl)cc1)C(=O)O. The minimum absolute atomic E-state index is 0.188. The van der Waals surface area contributed by atoms with Crippen molar-refractivity contribution in [2.45, 2.75) is 13.5 Å². The number of hydrogen-bond donors (Lipinski definition) is 2. The van der Waals surface area contributed by atoms with E-state index in [4.69, 9.17) is 21.4 Å². The molecular weight excluding hydrogens is 330 g/mol. The molecule has 5 nitrogen and oxygen atoms in total. The van der Waals surface area contributed by atoms with E-state index in [0.29, 0.717) is 22.9 Å². The van der Waals surface area contributed by atoms with E-state index in [-0.39, 0.29) is 5.70 Å². The van der Waals surface area contributed by atoms with Crippen molar-refractivity contribution in [1.82, 2.24) is 5.32 Å². The van der Waals surface area contributed by atoms with Crippen molar-refractivity contribution in [2.24, 2.45) is 0 Å². The van der Waals surface area contributed by atoms with Crippen LogP contribution in [-0.2, 0) is 16.2 Å². The number of amides is 1. The zero-order valence-corrected chi connectivity index (χ0v) is 13.7. The smallest absolute Gasteiger partial charge is 0.352 e. The zero-order valence-electron chi connectivity index (χ0n) is 13.0. The van der Waals surface area contributed by atoms with E-state index in [1.165, 1.54) is 13.0 Å². The van der Waals surface area contributed by atoms with E-state index in [0.717, 1.165) is 5.56 Å². The van der Waals surface area contributed by atoms with Gasteiger partial charge in [-0.25, -0.2) is 4.79 Å². The summed E-state index contributed by atoms with van der Waals surface area (Å²) in [5.41, 5.74) is 1.32. The van der Waals surface area contributed by atoms with Gasteiger partial charge in [-0.1, -0.05) is 41.9 Å². The molecular formula is C18H16ClNO4. The average molecular weight is 346 g/mol. The summed E-state index contributed by atoms with van der Waals surface area (Å²) in [5, 5.41) is 12.0. The van der Waals surface area contributed by atoms with Crippen LogP contribution >= 0.6 is 11.6 Å². The fourth-order valence-corrected chi connectivity index (χ4v) is 2.13. The van der Waals surface area contributed by atoms with Gasteiger partial charge in [-0.05, 0) is 29.8 Å². The van der Waals surface area contributed by atoms with Gasteiger partial charge in [-0.15, -0.1) is 0 Å². The topological polar surface area (TPSA) is 75.6 Å². The molecule has 0 atom stereocenters. The van der Waals surface area contributed by atoms with Gasteiger partial charge in [0, 0.05) is 17.5 Å². The first-order chi connectivity index (χ1) is 11.5. The lowest BCUT2D eigenvalue weighted by atomic mass is 10.2. The first-order valence-corrected chi connectivity index (χ1v) is 7.52. The standard InChI is InChI=1S/C18H16ClNO4/c1-12(21)20-17(18(22)23)10-13-6-8-15(9-7-13)24-11-14-4-2-3-5-16(14)19/h2-10H,11H2,1H3,(H,20,21)(H,22,23). The van der Waals surface area contributed by atoms with Crippen LogP contribution in [0.5, 0.6) is 5.75 Å². The number of nitrogens with one attached hydrogen (secondary N) is 1.